The van der Waals surface area contributed by atoms with Gasteiger partial charge >= 0.3 is 5.97 Å². The number of nitrogens with zero attached hydrogens (tertiary/aromatic N) is 2. The molecule has 2 heterocycles. The molecule has 0 spiro atoms. The number of esters is 1. The van der Waals surface area contributed by atoms with Crippen LogP contribution in [0.1, 0.15) is 51.4 Å². The molecule has 2 unspecified atom stereocenters. The first-order chi connectivity index (χ1) is 15.1. The van der Waals surface area contributed by atoms with Crippen LogP contribution in [0.3, 0.4) is 0 Å². The highest BCUT2D eigenvalue weighted by Crippen LogP contribution is 2.33. The lowest BCUT2D eigenvalue weighted by Crippen LogP contribution is -2.42. The number of piperidine rings is 1. The second kappa shape index (κ2) is 9.40. The van der Waals surface area contributed by atoms with Gasteiger partial charge in [0.15, 0.2) is 0 Å². The van der Waals surface area contributed by atoms with Crippen molar-refractivity contribution in [1.82, 2.24) is 4.31 Å². The van der Waals surface area contributed by atoms with Gasteiger partial charge in [0, 0.05) is 18.7 Å². The summed E-state index contributed by atoms with van der Waals surface area (Å²) in [5, 5.41) is 12.3. The highest BCUT2D eigenvalue weighted by molar-refractivity contribution is 7.89. The molecule has 1 amide bonds. The van der Waals surface area contributed by atoms with Crippen LogP contribution in [0.15, 0.2) is 29.2 Å². The lowest BCUT2D eigenvalue weighted by molar-refractivity contribution is 0.0605. The Morgan fingerprint density at radius 3 is 2.31 bits per heavy atom. The normalized spacial score (nSPS) is 19.2. The number of sulfonamides is 1. The molecular weight excluding hydrogens is 450 g/mol. The van der Waals surface area contributed by atoms with E-state index in [1.807, 2.05) is 19.9 Å². The van der Waals surface area contributed by atoms with Crippen LogP contribution in [0.4, 0.5) is 5.00 Å². The Hall–Kier alpha value is -2.74. The van der Waals surface area contributed by atoms with Crippen LogP contribution in [0.25, 0.3) is 0 Å². The van der Waals surface area contributed by atoms with Gasteiger partial charge in [-0.15, -0.1) is 11.3 Å². The van der Waals surface area contributed by atoms with Gasteiger partial charge in [0.1, 0.15) is 15.9 Å². The van der Waals surface area contributed by atoms with Crippen molar-refractivity contribution in [2.24, 2.45) is 11.8 Å². The number of nitrogens with one attached hydrogen (secondary N) is 1. The van der Waals surface area contributed by atoms with E-state index in [0.29, 0.717) is 18.7 Å². The Labute approximate surface area is 191 Å². The summed E-state index contributed by atoms with van der Waals surface area (Å²) in [5.74, 6) is -0.516. The smallest absolute Gasteiger partial charge is 0.348 e. The SMILES string of the molecule is COC(=O)c1sc(NC(=O)c2ccc(S(=O)(=O)N3CC(C)CC(C)C3)cc2)c(C#N)c1C. The van der Waals surface area contributed by atoms with Crippen LogP contribution < -0.4 is 5.32 Å². The number of thiophene rings is 1. The fourth-order valence-corrected chi connectivity index (χ4v) is 6.68. The second-order valence-electron chi connectivity index (χ2n) is 8.11. The Balaban J connectivity index is 1.80. The standard InChI is InChI=1S/C22H25N3O5S2/c1-13-9-14(2)12-25(11-13)32(28,29)17-7-5-16(6-8-17)20(26)24-21-18(10-23)15(3)19(31-21)22(27)30-4/h5-8,13-14H,9,11-12H2,1-4H3,(H,24,26). The summed E-state index contributed by atoms with van der Waals surface area (Å²) in [4.78, 5) is 25.0. The third-order valence-corrected chi connectivity index (χ3v) is 8.48. The number of hydrogen-bond acceptors (Lipinski definition) is 7. The predicted molar refractivity (Wildman–Crippen MR) is 121 cm³/mol. The summed E-state index contributed by atoms with van der Waals surface area (Å²) in [7, 11) is -2.40. The topological polar surface area (TPSA) is 117 Å². The second-order valence-corrected chi connectivity index (χ2v) is 11.1. The number of ether oxygens (including phenoxy) is 1. The maximum Gasteiger partial charge on any atom is 0.348 e. The molecule has 0 aliphatic carbocycles. The molecule has 8 nitrogen and oxygen atoms in total. The van der Waals surface area contributed by atoms with E-state index < -0.39 is 21.9 Å². The predicted octanol–water partition coefficient (Wildman–Crippen LogP) is 3.63. The zero-order valence-electron chi connectivity index (χ0n) is 18.3. The molecule has 1 aliphatic heterocycles. The average molecular weight is 476 g/mol. The van der Waals surface area contributed by atoms with Gasteiger partial charge < -0.3 is 10.1 Å². The molecule has 2 atom stereocenters. The number of carbonyl (C=O) groups is 2. The van der Waals surface area contributed by atoms with Gasteiger partial charge in [0.2, 0.25) is 10.0 Å². The molecule has 10 heteroatoms. The summed E-state index contributed by atoms with van der Waals surface area (Å²) in [6.45, 7) is 6.65. The third kappa shape index (κ3) is 4.70. The fourth-order valence-electron chi connectivity index (χ4n) is 3.93. The highest BCUT2D eigenvalue weighted by Gasteiger charge is 2.31. The quantitative estimate of drug-likeness (QED) is 0.660. The summed E-state index contributed by atoms with van der Waals surface area (Å²) in [6.07, 6.45) is 0.996. The minimum Gasteiger partial charge on any atom is -0.465 e. The van der Waals surface area contributed by atoms with Crippen molar-refractivity contribution in [2.75, 3.05) is 25.5 Å². The molecule has 0 bridgehead atoms. The number of amides is 1. The summed E-state index contributed by atoms with van der Waals surface area (Å²) in [5.41, 5.74) is 0.862. The van der Waals surface area contributed by atoms with Crippen LogP contribution in [0.5, 0.6) is 0 Å². The van der Waals surface area contributed by atoms with Crippen LogP contribution >= 0.6 is 11.3 Å². The number of rotatable bonds is 5. The maximum atomic E-state index is 13.0. The van der Waals surface area contributed by atoms with E-state index in [-0.39, 0.29) is 37.7 Å². The molecule has 0 saturated carbocycles. The summed E-state index contributed by atoms with van der Waals surface area (Å²) < 4.78 is 32.2. The van der Waals surface area contributed by atoms with Crippen LogP contribution in [-0.4, -0.2) is 44.8 Å². The van der Waals surface area contributed by atoms with E-state index in [0.717, 1.165) is 17.8 Å². The Morgan fingerprint density at radius 2 is 1.78 bits per heavy atom. The Bertz CT molecular complexity index is 1170. The molecule has 3 rings (SSSR count). The lowest BCUT2D eigenvalue weighted by Gasteiger charge is -2.34. The fraction of sp³-hybridized carbons (Fsp3) is 0.409. The number of anilines is 1. The van der Waals surface area contributed by atoms with Crippen LogP contribution in [0.2, 0.25) is 0 Å². The van der Waals surface area contributed by atoms with E-state index in [1.54, 1.807) is 6.92 Å². The van der Waals surface area contributed by atoms with Crippen molar-refractivity contribution in [2.45, 2.75) is 32.1 Å². The molecule has 170 valence electrons. The molecular formula is C22H25N3O5S2. The van der Waals surface area contributed by atoms with Gasteiger partial charge in [0.25, 0.3) is 5.91 Å². The van der Waals surface area contributed by atoms with Crippen molar-refractivity contribution < 1.29 is 22.7 Å². The highest BCUT2D eigenvalue weighted by atomic mass is 32.2. The van der Waals surface area contributed by atoms with Gasteiger partial charge in [-0.3, -0.25) is 4.79 Å². The van der Waals surface area contributed by atoms with Crippen molar-refractivity contribution in [3.8, 4) is 6.07 Å². The van der Waals surface area contributed by atoms with Crippen molar-refractivity contribution in [3.05, 3.63) is 45.8 Å². The molecule has 1 fully saturated rings. The van der Waals surface area contributed by atoms with E-state index in [9.17, 15) is 23.3 Å². The minimum atomic E-state index is -3.65. The molecule has 1 saturated heterocycles. The number of methoxy groups -OCH3 is 1. The van der Waals surface area contributed by atoms with Crippen LogP contribution in [-0.2, 0) is 14.8 Å². The first-order valence-electron chi connectivity index (χ1n) is 10.1. The molecule has 0 radical (unpaired) electrons. The van der Waals surface area contributed by atoms with E-state index >= 15 is 0 Å². The van der Waals surface area contributed by atoms with Gasteiger partial charge in [-0.1, -0.05) is 13.8 Å². The first kappa shape index (κ1) is 23.9. The average Bonchev–Trinajstić information content (AvgIpc) is 3.07. The lowest BCUT2D eigenvalue weighted by atomic mass is 9.94. The van der Waals surface area contributed by atoms with Gasteiger partial charge in [0.05, 0.1) is 17.6 Å². The maximum absolute atomic E-state index is 13.0. The van der Waals surface area contributed by atoms with Gasteiger partial charge in [-0.2, -0.15) is 9.57 Å². The molecule has 2 aromatic rings. The monoisotopic (exact) mass is 475 g/mol. The summed E-state index contributed by atoms with van der Waals surface area (Å²) >= 11 is 0.961. The van der Waals surface area contributed by atoms with Gasteiger partial charge in [-0.05, 0) is 55.0 Å². The van der Waals surface area contributed by atoms with Crippen molar-refractivity contribution in [1.29, 1.82) is 5.26 Å². The Morgan fingerprint density at radius 1 is 1.19 bits per heavy atom. The number of benzene rings is 1. The number of carbonyl (C=O) groups excluding carboxylic acids is 2. The third-order valence-electron chi connectivity index (χ3n) is 5.45. The van der Waals surface area contributed by atoms with E-state index in [1.165, 1.54) is 35.7 Å². The van der Waals surface area contributed by atoms with E-state index in [2.05, 4.69) is 5.32 Å². The van der Waals surface area contributed by atoms with Crippen molar-refractivity contribution >= 4 is 38.2 Å². The van der Waals surface area contributed by atoms with Crippen molar-refractivity contribution in [3.63, 3.8) is 0 Å². The number of hydrogen-bond donors (Lipinski definition) is 1. The minimum absolute atomic E-state index is 0.132. The molecule has 1 aromatic heterocycles. The van der Waals surface area contributed by atoms with Crippen LogP contribution in [0, 0.1) is 30.1 Å². The zero-order chi connectivity index (χ0) is 23.6. The van der Waals surface area contributed by atoms with E-state index in [4.69, 9.17) is 4.74 Å². The zero-order valence-corrected chi connectivity index (χ0v) is 20.0. The summed E-state index contributed by atoms with van der Waals surface area (Å²) in [6, 6.07) is 7.70. The first-order valence-corrected chi connectivity index (χ1v) is 12.4. The molecule has 1 N–H and O–H groups in total. The largest absolute Gasteiger partial charge is 0.465 e. The molecule has 1 aliphatic rings. The Kier molecular flexibility index (Phi) is 7.03. The molecule has 1 aromatic carbocycles. The molecule has 32 heavy (non-hydrogen) atoms. The number of nitriles is 1. The van der Waals surface area contributed by atoms with Gasteiger partial charge in [-0.25, -0.2) is 13.2 Å².